The number of hydrogen-bond acceptors (Lipinski definition) is 4. The topological polar surface area (TPSA) is 62.7 Å². The molecule has 0 bridgehead atoms. The van der Waals surface area contributed by atoms with E-state index in [0.717, 1.165) is 5.56 Å². The molecule has 0 radical (unpaired) electrons. The summed E-state index contributed by atoms with van der Waals surface area (Å²) in [7, 11) is 0. The molecule has 0 aliphatic carbocycles. The average Bonchev–Trinajstić information content (AvgIpc) is 2.67. The van der Waals surface area contributed by atoms with Crippen LogP contribution in [0.25, 0.3) is 0 Å². The second kappa shape index (κ2) is 7.79. The van der Waals surface area contributed by atoms with Gasteiger partial charge < -0.3 is 14.5 Å². The number of carbonyl (C=O) groups is 2. The summed E-state index contributed by atoms with van der Waals surface area (Å²) in [6, 6.07) is 13.3. The molecule has 0 spiro atoms. The molecule has 2 aromatic rings. The van der Waals surface area contributed by atoms with E-state index in [1.807, 2.05) is 30.3 Å². The Bertz CT molecular complexity index is 723. The number of rotatable bonds is 4. The van der Waals surface area contributed by atoms with Gasteiger partial charge in [-0.2, -0.15) is 0 Å². The number of aromatic nitrogens is 1. The summed E-state index contributed by atoms with van der Waals surface area (Å²) in [5.74, 6) is 0.473. The van der Waals surface area contributed by atoms with E-state index in [2.05, 4.69) is 4.98 Å². The minimum absolute atomic E-state index is 0.0497. The Morgan fingerprint density at radius 3 is 2.28 bits per heavy atom. The summed E-state index contributed by atoms with van der Waals surface area (Å²) in [6.07, 6.45) is 1.54. The van der Waals surface area contributed by atoms with E-state index in [4.69, 9.17) is 4.74 Å². The van der Waals surface area contributed by atoms with E-state index in [9.17, 15) is 9.59 Å². The summed E-state index contributed by atoms with van der Waals surface area (Å²) >= 11 is 0. The molecule has 0 unspecified atom stereocenters. The lowest BCUT2D eigenvalue weighted by Crippen LogP contribution is -2.50. The molecule has 0 N–H and O–H groups in total. The van der Waals surface area contributed by atoms with Crippen LogP contribution in [-0.2, 0) is 11.4 Å². The second-order valence-electron chi connectivity index (χ2n) is 5.96. The molecule has 0 atom stereocenters. The molecule has 2 heterocycles. The van der Waals surface area contributed by atoms with Gasteiger partial charge in [0.25, 0.3) is 5.91 Å². The standard InChI is InChI=1S/C19H21N3O3/c1-15(23)21-9-11-22(12-10-21)19(24)17-7-8-18(20-13-17)25-14-16-5-3-2-4-6-16/h2-8,13H,9-12,14H2,1H3. The van der Waals surface area contributed by atoms with Crippen LogP contribution < -0.4 is 4.74 Å². The van der Waals surface area contributed by atoms with Crippen molar-refractivity contribution in [2.45, 2.75) is 13.5 Å². The summed E-state index contributed by atoms with van der Waals surface area (Å²) in [5.41, 5.74) is 1.59. The maximum Gasteiger partial charge on any atom is 0.255 e. The van der Waals surface area contributed by atoms with Gasteiger partial charge >= 0.3 is 0 Å². The molecule has 6 heteroatoms. The molecule has 6 nitrogen and oxygen atoms in total. The minimum atomic E-state index is -0.0645. The van der Waals surface area contributed by atoms with Crippen LogP contribution in [0.4, 0.5) is 0 Å². The van der Waals surface area contributed by atoms with Crippen LogP contribution in [0, 0.1) is 0 Å². The highest BCUT2D eigenvalue weighted by Crippen LogP contribution is 2.13. The van der Waals surface area contributed by atoms with E-state index < -0.39 is 0 Å². The molecule has 130 valence electrons. The normalized spacial score (nSPS) is 14.3. The van der Waals surface area contributed by atoms with Crippen LogP contribution >= 0.6 is 0 Å². The van der Waals surface area contributed by atoms with Gasteiger partial charge in [0, 0.05) is 45.4 Å². The lowest BCUT2D eigenvalue weighted by Gasteiger charge is -2.34. The van der Waals surface area contributed by atoms with Crippen molar-refractivity contribution in [3.05, 3.63) is 59.8 Å². The molecular weight excluding hydrogens is 318 g/mol. The number of pyridine rings is 1. The zero-order chi connectivity index (χ0) is 17.6. The third kappa shape index (κ3) is 4.35. The van der Waals surface area contributed by atoms with E-state index in [1.165, 1.54) is 0 Å². The first-order valence-electron chi connectivity index (χ1n) is 8.31. The molecule has 1 saturated heterocycles. The van der Waals surface area contributed by atoms with Gasteiger partial charge in [0.05, 0.1) is 5.56 Å². The zero-order valence-electron chi connectivity index (χ0n) is 14.2. The van der Waals surface area contributed by atoms with Crippen LogP contribution in [0.15, 0.2) is 48.7 Å². The van der Waals surface area contributed by atoms with Gasteiger partial charge in [-0.3, -0.25) is 9.59 Å². The summed E-state index contributed by atoms with van der Waals surface area (Å²) in [5, 5.41) is 0. The Morgan fingerprint density at radius 1 is 1.00 bits per heavy atom. The van der Waals surface area contributed by atoms with Gasteiger partial charge in [-0.25, -0.2) is 4.98 Å². The lowest BCUT2D eigenvalue weighted by atomic mass is 10.2. The summed E-state index contributed by atoms with van der Waals surface area (Å²) in [4.78, 5) is 31.6. The lowest BCUT2D eigenvalue weighted by molar-refractivity contribution is -0.130. The van der Waals surface area contributed by atoms with Crippen molar-refractivity contribution >= 4 is 11.8 Å². The maximum absolute atomic E-state index is 12.5. The van der Waals surface area contributed by atoms with E-state index >= 15 is 0 Å². The Labute approximate surface area is 147 Å². The minimum Gasteiger partial charge on any atom is -0.473 e. The number of piperazine rings is 1. The fourth-order valence-corrected chi connectivity index (χ4v) is 2.73. The molecule has 2 amide bonds. The van der Waals surface area contributed by atoms with Gasteiger partial charge in [-0.1, -0.05) is 30.3 Å². The van der Waals surface area contributed by atoms with E-state index in [0.29, 0.717) is 44.2 Å². The first kappa shape index (κ1) is 17.0. The smallest absolute Gasteiger partial charge is 0.255 e. The highest BCUT2D eigenvalue weighted by Gasteiger charge is 2.23. The molecule has 25 heavy (non-hydrogen) atoms. The number of carbonyl (C=O) groups excluding carboxylic acids is 2. The van der Waals surface area contributed by atoms with Gasteiger partial charge in [-0.15, -0.1) is 0 Å². The van der Waals surface area contributed by atoms with Crippen molar-refractivity contribution in [3.8, 4) is 5.88 Å². The van der Waals surface area contributed by atoms with Crippen LogP contribution in [0.2, 0.25) is 0 Å². The monoisotopic (exact) mass is 339 g/mol. The summed E-state index contributed by atoms with van der Waals surface area (Å²) < 4.78 is 5.63. The third-order valence-corrected chi connectivity index (χ3v) is 4.23. The molecule has 1 aromatic carbocycles. The maximum atomic E-state index is 12.5. The van der Waals surface area contributed by atoms with Gasteiger partial charge in [0.2, 0.25) is 11.8 Å². The number of hydrogen-bond donors (Lipinski definition) is 0. The molecule has 0 saturated carbocycles. The van der Waals surface area contributed by atoms with Crippen molar-refractivity contribution in [2.24, 2.45) is 0 Å². The number of ether oxygens (including phenoxy) is 1. The van der Waals surface area contributed by atoms with Crippen molar-refractivity contribution in [1.82, 2.24) is 14.8 Å². The molecule has 1 aliphatic heterocycles. The molecule has 1 aliphatic rings. The Balaban J connectivity index is 1.55. The Hall–Kier alpha value is -2.89. The first-order valence-corrected chi connectivity index (χ1v) is 8.31. The SMILES string of the molecule is CC(=O)N1CCN(C(=O)c2ccc(OCc3ccccc3)nc2)CC1. The molecule has 1 fully saturated rings. The zero-order valence-corrected chi connectivity index (χ0v) is 14.2. The third-order valence-electron chi connectivity index (χ3n) is 4.23. The fraction of sp³-hybridized carbons (Fsp3) is 0.316. The highest BCUT2D eigenvalue weighted by atomic mass is 16.5. The molecule has 1 aromatic heterocycles. The van der Waals surface area contributed by atoms with E-state index in [1.54, 1.807) is 35.1 Å². The quantitative estimate of drug-likeness (QED) is 0.854. The number of nitrogens with zero attached hydrogens (tertiary/aromatic N) is 3. The first-order chi connectivity index (χ1) is 12.1. The average molecular weight is 339 g/mol. The molecular formula is C19H21N3O3. The van der Waals surface area contributed by atoms with Crippen molar-refractivity contribution in [1.29, 1.82) is 0 Å². The van der Waals surface area contributed by atoms with Gasteiger partial charge in [0.1, 0.15) is 6.61 Å². The van der Waals surface area contributed by atoms with Crippen molar-refractivity contribution in [2.75, 3.05) is 26.2 Å². The van der Waals surface area contributed by atoms with Crippen molar-refractivity contribution in [3.63, 3.8) is 0 Å². The Morgan fingerprint density at radius 2 is 1.68 bits per heavy atom. The van der Waals surface area contributed by atoms with Gasteiger partial charge in [0.15, 0.2) is 0 Å². The van der Waals surface area contributed by atoms with E-state index in [-0.39, 0.29) is 11.8 Å². The second-order valence-corrected chi connectivity index (χ2v) is 5.96. The van der Waals surface area contributed by atoms with Crippen LogP contribution in [0.1, 0.15) is 22.8 Å². The highest BCUT2D eigenvalue weighted by molar-refractivity contribution is 5.94. The predicted molar refractivity (Wildman–Crippen MR) is 93.2 cm³/mol. The van der Waals surface area contributed by atoms with Crippen LogP contribution in [0.3, 0.4) is 0 Å². The molecule has 3 rings (SSSR count). The van der Waals surface area contributed by atoms with Gasteiger partial charge in [-0.05, 0) is 11.6 Å². The largest absolute Gasteiger partial charge is 0.473 e. The van der Waals surface area contributed by atoms with Crippen LogP contribution in [-0.4, -0.2) is 52.8 Å². The van der Waals surface area contributed by atoms with Crippen molar-refractivity contribution < 1.29 is 14.3 Å². The Kier molecular flexibility index (Phi) is 5.28. The number of amides is 2. The predicted octanol–water partition coefficient (Wildman–Crippen LogP) is 1.96. The fourth-order valence-electron chi connectivity index (χ4n) is 2.73. The van der Waals surface area contributed by atoms with Crippen LogP contribution in [0.5, 0.6) is 5.88 Å². The summed E-state index contributed by atoms with van der Waals surface area (Å²) in [6.45, 7) is 4.23. The number of benzene rings is 1.